The van der Waals surface area contributed by atoms with Crippen molar-refractivity contribution in [3.8, 4) is 0 Å². The van der Waals surface area contributed by atoms with Gasteiger partial charge in [-0.3, -0.25) is 0 Å². The molecule has 0 amide bonds. The maximum atomic E-state index is 11.1. The fraction of sp³-hybridized carbons (Fsp3) is 0.857. The lowest BCUT2D eigenvalue weighted by atomic mass is 10.3. The molecule has 0 aromatic carbocycles. The molecule has 3 nitrogen and oxygen atoms in total. The van der Waals surface area contributed by atoms with Crippen molar-refractivity contribution in [3.05, 3.63) is 0 Å². The van der Waals surface area contributed by atoms with E-state index in [1.165, 1.54) is 0 Å². The number of aliphatic imine (C=N–C) groups is 1. The zero-order valence-electron chi connectivity index (χ0n) is 7.12. The molecule has 0 heterocycles. The molecule has 0 aliphatic carbocycles. The maximum absolute atomic E-state index is 11.1. The molecule has 0 spiro atoms. The lowest BCUT2D eigenvalue weighted by Crippen LogP contribution is -2.09. The smallest absolute Gasteiger partial charge is 0.171 e. The van der Waals surface area contributed by atoms with Crippen LogP contribution in [0, 0.1) is 0 Å². The Labute approximate surface area is 78.8 Å². The zero-order valence-corrected chi connectivity index (χ0v) is 8.75. The third kappa shape index (κ3) is 6.46. The van der Waals surface area contributed by atoms with Crippen LogP contribution < -0.4 is 0 Å². The molecular formula is C7H13NO2S2. The predicted molar refractivity (Wildman–Crippen MR) is 53.2 cm³/mol. The average Bonchev–Trinajstić information content (AvgIpc) is 2.01. The second kappa shape index (κ2) is 6.29. The molecular weight excluding hydrogens is 194 g/mol. The Morgan fingerprint density at radius 3 is 2.58 bits per heavy atom. The number of rotatable bonds is 6. The van der Waals surface area contributed by atoms with E-state index in [0.29, 0.717) is 6.42 Å². The Bertz CT molecular complexity index is 253. The van der Waals surface area contributed by atoms with Crippen LogP contribution in [0.3, 0.4) is 0 Å². The molecule has 0 aromatic heterocycles. The first-order valence-electron chi connectivity index (χ1n) is 3.86. The lowest BCUT2D eigenvalue weighted by Gasteiger charge is -1.98. The van der Waals surface area contributed by atoms with Crippen molar-refractivity contribution in [2.75, 3.05) is 11.6 Å². The number of hydrogen-bond acceptors (Lipinski definition) is 4. The van der Waals surface area contributed by atoms with Crippen molar-refractivity contribution >= 4 is 27.2 Å². The van der Waals surface area contributed by atoms with E-state index < -0.39 is 9.84 Å². The maximum Gasteiger partial charge on any atom is 0.171 e. The molecule has 5 heteroatoms. The molecule has 0 aliphatic rings. The fourth-order valence-electron chi connectivity index (χ4n) is 0.761. The molecule has 0 bridgehead atoms. The van der Waals surface area contributed by atoms with Crippen molar-refractivity contribution in [2.24, 2.45) is 4.99 Å². The normalized spacial score (nSPS) is 10.8. The topological polar surface area (TPSA) is 46.5 Å². The molecule has 12 heavy (non-hydrogen) atoms. The van der Waals surface area contributed by atoms with Crippen molar-refractivity contribution in [1.29, 1.82) is 0 Å². The van der Waals surface area contributed by atoms with E-state index >= 15 is 0 Å². The summed E-state index contributed by atoms with van der Waals surface area (Å²) in [7, 11) is -3.01. The van der Waals surface area contributed by atoms with Crippen LogP contribution in [0.25, 0.3) is 0 Å². The first kappa shape index (κ1) is 11.8. The van der Waals surface area contributed by atoms with E-state index in [2.05, 4.69) is 17.2 Å². The summed E-state index contributed by atoms with van der Waals surface area (Å²) >= 11 is 4.27. The SMILES string of the molecule is CCCCCS(=O)(=O)CN=C=S. The number of nitrogens with zero attached hydrogens (tertiary/aromatic N) is 1. The van der Waals surface area contributed by atoms with Crippen molar-refractivity contribution < 1.29 is 8.42 Å². The summed E-state index contributed by atoms with van der Waals surface area (Å²) in [6.07, 6.45) is 2.68. The number of thiocarbonyl (C=S) groups is 1. The van der Waals surface area contributed by atoms with Crippen molar-refractivity contribution in [1.82, 2.24) is 0 Å². The van der Waals surface area contributed by atoms with Crippen molar-refractivity contribution in [3.63, 3.8) is 0 Å². The molecule has 0 atom stereocenters. The van der Waals surface area contributed by atoms with Gasteiger partial charge >= 0.3 is 0 Å². The number of unbranched alkanes of at least 4 members (excludes halogenated alkanes) is 2. The fourth-order valence-corrected chi connectivity index (χ4v) is 1.94. The van der Waals surface area contributed by atoms with Gasteiger partial charge in [0.05, 0.1) is 10.9 Å². The van der Waals surface area contributed by atoms with Gasteiger partial charge in [0.1, 0.15) is 0 Å². The zero-order chi connectivity index (χ0) is 9.45. The van der Waals surface area contributed by atoms with Crippen LogP contribution in [-0.2, 0) is 9.84 Å². The molecule has 0 unspecified atom stereocenters. The molecule has 0 saturated carbocycles. The first-order valence-corrected chi connectivity index (χ1v) is 6.09. The van der Waals surface area contributed by atoms with Crippen LogP contribution in [0.4, 0.5) is 0 Å². The van der Waals surface area contributed by atoms with E-state index in [1.807, 2.05) is 12.1 Å². The highest BCUT2D eigenvalue weighted by Crippen LogP contribution is 1.99. The minimum atomic E-state index is -3.01. The number of sulfone groups is 1. The Morgan fingerprint density at radius 2 is 2.08 bits per heavy atom. The highest BCUT2D eigenvalue weighted by molar-refractivity contribution is 7.91. The monoisotopic (exact) mass is 207 g/mol. The van der Waals surface area contributed by atoms with Gasteiger partial charge in [-0.15, -0.1) is 0 Å². The standard InChI is InChI=1S/C7H13NO2S2/c1-2-3-4-5-12(9,10)7-8-6-11/h2-5,7H2,1H3. The Hall–Kier alpha value is -0.250. The summed E-state index contributed by atoms with van der Waals surface area (Å²) in [5.74, 6) is 0.00156. The van der Waals surface area contributed by atoms with Gasteiger partial charge in [0, 0.05) is 0 Å². The van der Waals surface area contributed by atoms with E-state index in [-0.39, 0.29) is 11.6 Å². The Morgan fingerprint density at radius 1 is 1.42 bits per heavy atom. The lowest BCUT2D eigenvalue weighted by molar-refractivity contribution is 0.591. The molecule has 0 saturated heterocycles. The van der Waals surface area contributed by atoms with Crippen molar-refractivity contribution in [2.45, 2.75) is 26.2 Å². The first-order chi connectivity index (χ1) is 5.62. The highest BCUT2D eigenvalue weighted by Gasteiger charge is 2.07. The van der Waals surface area contributed by atoms with Crippen LogP contribution in [-0.4, -0.2) is 25.2 Å². The van der Waals surface area contributed by atoms with E-state index in [4.69, 9.17) is 0 Å². The van der Waals surface area contributed by atoms with Gasteiger partial charge in [0.2, 0.25) is 0 Å². The Balaban J connectivity index is 3.80. The van der Waals surface area contributed by atoms with Crippen LogP contribution in [0.5, 0.6) is 0 Å². The van der Waals surface area contributed by atoms with Gasteiger partial charge in [-0.2, -0.15) is 0 Å². The third-order valence-electron chi connectivity index (χ3n) is 1.38. The van der Waals surface area contributed by atoms with Crippen LogP contribution >= 0.6 is 12.2 Å². The molecule has 0 rings (SSSR count). The number of hydrogen-bond donors (Lipinski definition) is 0. The average molecular weight is 207 g/mol. The summed E-state index contributed by atoms with van der Waals surface area (Å²) in [5.41, 5.74) is 0. The molecule has 0 fully saturated rings. The van der Waals surface area contributed by atoms with Gasteiger partial charge in [-0.05, 0) is 18.6 Å². The number of isothiocyanates is 1. The van der Waals surface area contributed by atoms with Gasteiger partial charge in [-0.1, -0.05) is 19.8 Å². The summed E-state index contributed by atoms with van der Waals surface area (Å²) in [4.78, 5) is 3.40. The summed E-state index contributed by atoms with van der Waals surface area (Å²) in [6.45, 7) is 2.03. The van der Waals surface area contributed by atoms with Crippen LogP contribution in [0.2, 0.25) is 0 Å². The summed E-state index contributed by atoms with van der Waals surface area (Å²) < 4.78 is 22.2. The summed E-state index contributed by atoms with van der Waals surface area (Å²) in [6, 6.07) is 0. The Kier molecular flexibility index (Phi) is 6.16. The van der Waals surface area contributed by atoms with E-state index in [1.54, 1.807) is 0 Å². The second-order valence-corrected chi connectivity index (χ2v) is 4.87. The molecule has 0 aromatic rings. The molecule has 0 N–H and O–H groups in total. The van der Waals surface area contributed by atoms with Gasteiger partial charge < -0.3 is 0 Å². The van der Waals surface area contributed by atoms with E-state index in [9.17, 15) is 8.42 Å². The van der Waals surface area contributed by atoms with Crippen LogP contribution in [0.15, 0.2) is 4.99 Å². The molecule has 0 radical (unpaired) electrons. The van der Waals surface area contributed by atoms with E-state index in [0.717, 1.165) is 12.8 Å². The largest absolute Gasteiger partial charge is 0.227 e. The van der Waals surface area contributed by atoms with Gasteiger partial charge in [0.15, 0.2) is 15.7 Å². The molecule has 70 valence electrons. The minimum absolute atomic E-state index is 0.208. The third-order valence-corrected chi connectivity index (χ3v) is 2.95. The second-order valence-electron chi connectivity index (χ2n) is 2.53. The quantitative estimate of drug-likeness (QED) is 0.378. The van der Waals surface area contributed by atoms with Gasteiger partial charge in [-0.25, -0.2) is 13.4 Å². The van der Waals surface area contributed by atoms with Gasteiger partial charge in [0.25, 0.3) is 0 Å². The summed E-state index contributed by atoms with van der Waals surface area (Å²) in [5, 5.41) is 2.04. The molecule has 0 aliphatic heterocycles. The highest BCUT2D eigenvalue weighted by atomic mass is 32.2. The minimum Gasteiger partial charge on any atom is -0.227 e. The predicted octanol–water partition coefficient (Wildman–Crippen LogP) is 1.65. The van der Waals surface area contributed by atoms with Crippen LogP contribution in [0.1, 0.15) is 26.2 Å².